The minimum atomic E-state index is -0.977. The fourth-order valence-corrected chi connectivity index (χ4v) is 5.41. The van der Waals surface area contributed by atoms with Gasteiger partial charge in [0.05, 0.1) is 24.3 Å². The molecule has 10 heteroatoms. The Labute approximate surface area is 265 Å². The van der Waals surface area contributed by atoms with E-state index in [4.69, 9.17) is 9.47 Å². The molecule has 3 N–H and O–H groups in total. The Morgan fingerprint density at radius 2 is 1.73 bits per heavy atom. The quantitative estimate of drug-likeness (QED) is 0.238. The number of ketones is 2. The largest absolute Gasteiger partial charge is 0.460 e. The number of rotatable bonds is 5. The fraction of sp³-hybridized carbons (Fsp3) is 0.514. The van der Waals surface area contributed by atoms with Crippen LogP contribution in [0.1, 0.15) is 71.6 Å². The molecule has 3 rings (SSSR count). The zero-order valence-electron chi connectivity index (χ0n) is 26.4. The molecule has 5 atom stereocenters. The third-order valence-corrected chi connectivity index (χ3v) is 8.26. The minimum absolute atomic E-state index is 0.0559. The molecule has 0 radical (unpaired) electrons. The van der Waals surface area contributed by atoms with E-state index in [0.29, 0.717) is 12.8 Å². The Hall–Kier alpha value is -3.89. The van der Waals surface area contributed by atoms with Gasteiger partial charge in [-0.2, -0.15) is 0 Å². The number of aliphatic hydroxyl groups excluding tert-OH is 1. The highest BCUT2D eigenvalue weighted by atomic mass is 16.5. The number of ether oxygens (including phenoxy) is 2. The second kappa shape index (κ2) is 18.2. The van der Waals surface area contributed by atoms with Gasteiger partial charge < -0.3 is 25.2 Å². The molecule has 0 aromatic carbocycles. The van der Waals surface area contributed by atoms with Gasteiger partial charge >= 0.3 is 5.97 Å². The average Bonchev–Trinajstić information content (AvgIpc) is 3.02. The number of Topliss-reactive ketones (excluding diaryl/α,β-unsaturated/α-hetero) is 1. The summed E-state index contributed by atoms with van der Waals surface area (Å²) in [6.07, 6.45) is 19.6. The summed E-state index contributed by atoms with van der Waals surface area (Å²) in [7, 11) is 1.47. The molecule has 1 aliphatic heterocycles. The smallest absolute Gasteiger partial charge is 0.328 e. The summed E-state index contributed by atoms with van der Waals surface area (Å²) in [5.41, 5.74) is 0.175. The van der Waals surface area contributed by atoms with Gasteiger partial charge in [-0.1, -0.05) is 74.8 Å². The average molecular weight is 623 g/mol. The monoisotopic (exact) mass is 622 g/mol. The van der Waals surface area contributed by atoms with Crippen molar-refractivity contribution in [2.75, 3.05) is 7.11 Å². The van der Waals surface area contributed by atoms with E-state index < -0.39 is 53.7 Å². The van der Waals surface area contributed by atoms with Crippen LogP contribution in [0.25, 0.3) is 0 Å². The number of nitrogens with one attached hydrogen (secondary N) is 2. The van der Waals surface area contributed by atoms with Crippen LogP contribution in [0, 0.1) is 11.8 Å². The van der Waals surface area contributed by atoms with Crippen molar-refractivity contribution >= 4 is 29.4 Å². The second-order valence-corrected chi connectivity index (χ2v) is 11.8. The number of hydrogen-bond donors (Lipinski definition) is 3. The number of amides is 2. The Balaban J connectivity index is 1.75. The van der Waals surface area contributed by atoms with Gasteiger partial charge in [-0.15, -0.1) is 0 Å². The van der Waals surface area contributed by atoms with Gasteiger partial charge in [-0.05, 0) is 38.7 Å². The molecule has 5 unspecified atom stereocenters. The normalized spacial score (nSPS) is 26.6. The lowest BCUT2D eigenvalue weighted by atomic mass is 9.88. The lowest BCUT2D eigenvalue weighted by Gasteiger charge is -2.28. The summed E-state index contributed by atoms with van der Waals surface area (Å²) in [6.45, 7) is 3.38. The molecule has 244 valence electrons. The van der Waals surface area contributed by atoms with Crippen molar-refractivity contribution in [3.05, 3.63) is 72.0 Å². The first kappa shape index (κ1) is 35.6. The molecule has 2 bridgehead atoms. The Morgan fingerprint density at radius 3 is 2.47 bits per heavy atom. The molecule has 3 aliphatic rings. The third-order valence-electron chi connectivity index (χ3n) is 8.26. The van der Waals surface area contributed by atoms with Crippen LogP contribution in [0.2, 0.25) is 0 Å². The molecule has 10 nitrogen and oxygen atoms in total. The van der Waals surface area contributed by atoms with Gasteiger partial charge in [-0.25, -0.2) is 4.79 Å². The fourth-order valence-electron chi connectivity index (χ4n) is 5.41. The van der Waals surface area contributed by atoms with E-state index in [-0.39, 0.29) is 35.9 Å². The minimum Gasteiger partial charge on any atom is -0.460 e. The highest BCUT2D eigenvalue weighted by molar-refractivity contribution is 6.21. The maximum atomic E-state index is 13.0. The standard InChI is InChI=1S/C35H46N2O8/c1-23-30(39)18-13-12-16-26-20-27(38)21-29(33(26)41)37-32(40)22-28(44-3)17-10-5-4-6-11-19-31(23)45-35(43)24(2)36-34(42)25-14-8-7-9-15-25/h4-6,10-11,13,17-18,20-21,23-25,28,30-31,39H,7-9,12,14-16,19,22H2,1-3H3,(H,36,42)(H,37,40). The van der Waals surface area contributed by atoms with Crippen molar-refractivity contribution in [2.24, 2.45) is 11.8 Å². The molecular weight excluding hydrogens is 576 g/mol. The molecule has 0 saturated heterocycles. The first-order chi connectivity index (χ1) is 21.6. The second-order valence-electron chi connectivity index (χ2n) is 11.8. The van der Waals surface area contributed by atoms with E-state index in [0.717, 1.165) is 38.2 Å². The highest BCUT2D eigenvalue weighted by Gasteiger charge is 2.30. The van der Waals surface area contributed by atoms with Gasteiger partial charge in [0.1, 0.15) is 12.1 Å². The van der Waals surface area contributed by atoms with Gasteiger partial charge in [0.2, 0.25) is 17.6 Å². The van der Waals surface area contributed by atoms with Crippen molar-refractivity contribution < 1.29 is 38.6 Å². The van der Waals surface area contributed by atoms with Crippen molar-refractivity contribution in [1.29, 1.82) is 0 Å². The van der Waals surface area contributed by atoms with Crippen LogP contribution in [0.3, 0.4) is 0 Å². The van der Waals surface area contributed by atoms with Gasteiger partial charge in [-0.3, -0.25) is 19.2 Å². The van der Waals surface area contributed by atoms with Crippen molar-refractivity contribution in [2.45, 2.75) is 96.0 Å². The van der Waals surface area contributed by atoms with Gasteiger partial charge in [0.25, 0.3) is 0 Å². The van der Waals surface area contributed by atoms with E-state index in [1.54, 1.807) is 56.4 Å². The van der Waals surface area contributed by atoms with Crippen LogP contribution >= 0.6 is 0 Å². The summed E-state index contributed by atoms with van der Waals surface area (Å²) >= 11 is 0. The van der Waals surface area contributed by atoms with E-state index in [1.165, 1.54) is 13.2 Å². The maximum Gasteiger partial charge on any atom is 0.328 e. The Kier molecular flexibility index (Phi) is 14.4. The summed E-state index contributed by atoms with van der Waals surface area (Å²) in [5, 5.41) is 16.3. The van der Waals surface area contributed by atoms with Crippen LogP contribution in [-0.4, -0.2) is 65.9 Å². The maximum absolute atomic E-state index is 13.0. The molecule has 2 aliphatic carbocycles. The van der Waals surface area contributed by atoms with Gasteiger partial charge in [0.15, 0.2) is 5.78 Å². The Morgan fingerprint density at radius 1 is 1.00 bits per heavy atom. The molecule has 0 aromatic heterocycles. The number of aliphatic hydroxyl groups is 1. The Bertz CT molecular complexity index is 1270. The molecule has 45 heavy (non-hydrogen) atoms. The SMILES string of the molecule is COC1C=CC=CC=CCC(OC(=O)C(C)NC(=O)C2CCCCC2)C(C)C(O)C=CCCC2=CC(=O)C=C(NC(=O)C1)C2=O. The number of allylic oxidation sites excluding steroid dienone is 8. The zero-order chi connectivity index (χ0) is 32.8. The molecule has 1 fully saturated rings. The van der Waals surface area contributed by atoms with Crippen LogP contribution in [-0.2, 0) is 33.4 Å². The van der Waals surface area contributed by atoms with E-state index >= 15 is 0 Å². The highest BCUT2D eigenvalue weighted by Crippen LogP contribution is 2.24. The summed E-state index contributed by atoms with van der Waals surface area (Å²) < 4.78 is 11.2. The lowest BCUT2D eigenvalue weighted by molar-refractivity contribution is -0.156. The summed E-state index contributed by atoms with van der Waals surface area (Å²) in [6, 6.07) is -0.837. The first-order valence-corrected chi connectivity index (χ1v) is 15.8. The molecule has 2 amide bonds. The van der Waals surface area contributed by atoms with Crippen molar-refractivity contribution in [3.63, 3.8) is 0 Å². The third kappa shape index (κ3) is 11.5. The van der Waals surface area contributed by atoms with E-state index in [1.807, 2.05) is 6.08 Å². The summed E-state index contributed by atoms with van der Waals surface area (Å²) in [5.74, 6) is -2.60. The number of carbonyl (C=O) groups excluding carboxylic acids is 5. The van der Waals surface area contributed by atoms with Crippen molar-refractivity contribution in [3.8, 4) is 0 Å². The van der Waals surface area contributed by atoms with Gasteiger partial charge in [0, 0.05) is 37.0 Å². The molecule has 1 heterocycles. The number of carbonyl (C=O) groups is 5. The van der Waals surface area contributed by atoms with E-state index in [9.17, 15) is 29.1 Å². The molecular formula is C35H46N2O8. The van der Waals surface area contributed by atoms with Crippen LogP contribution in [0.15, 0.2) is 72.0 Å². The number of methoxy groups -OCH3 is 1. The predicted octanol–water partition coefficient (Wildman–Crippen LogP) is 3.87. The number of hydrogen-bond acceptors (Lipinski definition) is 8. The van der Waals surface area contributed by atoms with Crippen LogP contribution in [0.5, 0.6) is 0 Å². The molecule has 0 aromatic rings. The van der Waals surface area contributed by atoms with Crippen LogP contribution in [0.4, 0.5) is 0 Å². The topological polar surface area (TPSA) is 148 Å². The first-order valence-electron chi connectivity index (χ1n) is 15.8. The lowest BCUT2D eigenvalue weighted by Crippen LogP contribution is -2.45. The number of fused-ring (bicyclic) bond motifs is 2. The van der Waals surface area contributed by atoms with E-state index in [2.05, 4.69) is 10.6 Å². The molecule has 0 spiro atoms. The van der Waals surface area contributed by atoms with Crippen LogP contribution < -0.4 is 10.6 Å². The molecule has 1 saturated carbocycles. The number of esters is 1. The van der Waals surface area contributed by atoms with Crippen molar-refractivity contribution in [1.82, 2.24) is 10.6 Å². The summed E-state index contributed by atoms with van der Waals surface area (Å²) in [4.78, 5) is 63.5. The predicted molar refractivity (Wildman–Crippen MR) is 169 cm³/mol. The zero-order valence-corrected chi connectivity index (χ0v) is 26.4.